The van der Waals surface area contributed by atoms with E-state index in [1.807, 2.05) is 51.1 Å². The van der Waals surface area contributed by atoms with Crippen molar-refractivity contribution in [2.45, 2.75) is 38.6 Å². The van der Waals surface area contributed by atoms with Gasteiger partial charge in [0.2, 0.25) is 5.60 Å². The van der Waals surface area contributed by atoms with Crippen LogP contribution in [0.1, 0.15) is 26.3 Å². The molecule has 2 rings (SSSR count). The molecule has 1 aliphatic rings. The summed E-state index contributed by atoms with van der Waals surface area (Å²) < 4.78 is 16.3. The van der Waals surface area contributed by atoms with Crippen LogP contribution >= 0.6 is 0 Å². The Morgan fingerprint density at radius 1 is 1.26 bits per heavy atom. The van der Waals surface area contributed by atoms with Crippen molar-refractivity contribution in [2.75, 3.05) is 13.2 Å². The molecule has 0 spiro atoms. The largest absolute Gasteiger partial charge is 0.458 e. The van der Waals surface area contributed by atoms with Gasteiger partial charge in [0, 0.05) is 0 Å². The Labute approximate surface area is 113 Å². The average molecular weight is 264 g/mol. The quantitative estimate of drug-likeness (QED) is 0.783. The summed E-state index contributed by atoms with van der Waals surface area (Å²) in [6, 6.07) is 9.75. The molecule has 1 heterocycles. The lowest BCUT2D eigenvalue weighted by molar-refractivity contribution is -0.239. The molecule has 1 aromatic rings. The van der Waals surface area contributed by atoms with Crippen molar-refractivity contribution < 1.29 is 19.0 Å². The first-order valence-electron chi connectivity index (χ1n) is 6.40. The van der Waals surface area contributed by atoms with Crippen molar-refractivity contribution in [3.8, 4) is 0 Å². The van der Waals surface area contributed by atoms with Gasteiger partial charge in [0.15, 0.2) is 0 Å². The molecular formula is C15H20O4. The number of carbonyl (C=O) groups is 1. The third-order valence-corrected chi connectivity index (χ3v) is 2.80. The van der Waals surface area contributed by atoms with Gasteiger partial charge in [0.1, 0.15) is 5.60 Å². The predicted molar refractivity (Wildman–Crippen MR) is 70.6 cm³/mol. The van der Waals surface area contributed by atoms with E-state index in [-0.39, 0.29) is 19.2 Å². The fourth-order valence-electron chi connectivity index (χ4n) is 1.71. The zero-order valence-electron chi connectivity index (χ0n) is 11.6. The molecule has 0 bridgehead atoms. The lowest BCUT2D eigenvalue weighted by Crippen LogP contribution is -2.59. The van der Waals surface area contributed by atoms with Gasteiger partial charge in [-0.05, 0) is 26.3 Å². The second-order valence-corrected chi connectivity index (χ2v) is 5.76. The summed E-state index contributed by atoms with van der Waals surface area (Å²) in [5, 5.41) is 0. The highest BCUT2D eigenvalue weighted by atomic mass is 16.6. The van der Waals surface area contributed by atoms with Crippen LogP contribution in [0.2, 0.25) is 0 Å². The fourth-order valence-corrected chi connectivity index (χ4v) is 1.71. The third kappa shape index (κ3) is 3.55. The molecule has 4 heteroatoms. The lowest BCUT2D eigenvalue weighted by Gasteiger charge is -2.40. The summed E-state index contributed by atoms with van der Waals surface area (Å²) >= 11 is 0. The number of hydrogen-bond donors (Lipinski definition) is 0. The zero-order valence-corrected chi connectivity index (χ0v) is 11.6. The summed E-state index contributed by atoms with van der Waals surface area (Å²) in [6.45, 7) is 6.42. The van der Waals surface area contributed by atoms with E-state index in [4.69, 9.17) is 14.2 Å². The van der Waals surface area contributed by atoms with Crippen LogP contribution in [0.25, 0.3) is 0 Å². The number of benzene rings is 1. The maximum absolute atomic E-state index is 12.2. The number of rotatable bonds is 4. The van der Waals surface area contributed by atoms with E-state index < -0.39 is 11.2 Å². The van der Waals surface area contributed by atoms with Crippen molar-refractivity contribution in [3.05, 3.63) is 35.9 Å². The van der Waals surface area contributed by atoms with Gasteiger partial charge in [0.25, 0.3) is 0 Å². The second-order valence-electron chi connectivity index (χ2n) is 5.76. The molecule has 19 heavy (non-hydrogen) atoms. The smallest absolute Gasteiger partial charge is 0.343 e. The Morgan fingerprint density at radius 3 is 2.37 bits per heavy atom. The molecule has 0 saturated carbocycles. The molecule has 0 N–H and O–H groups in total. The standard InChI is InChI=1S/C15H20O4/c1-14(2,3)19-13(16)15(10-17-11-15)18-9-12-7-5-4-6-8-12/h4-8H,9-11H2,1-3H3. The number of ether oxygens (including phenoxy) is 3. The highest BCUT2D eigenvalue weighted by molar-refractivity contribution is 5.81. The minimum Gasteiger partial charge on any atom is -0.458 e. The normalized spacial score (nSPS) is 17.6. The average Bonchev–Trinajstić information content (AvgIpc) is 2.26. The first-order valence-corrected chi connectivity index (χ1v) is 6.40. The van der Waals surface area contributed by atoms with Gasteiger partial charge in [-0.2, -0.15) is 0 Å². The Kier molecular flexibility index (Phi) is 3.92. The van der Waals surface area contributed by atoms with Crippen LogP contribution in [-0.4, -0.2) is 30.4 Å². The van der Waals surface area contributed by atoms with E-state index in [0.717, 1.165) is 5.56 Å². The van der Waals surface area contributed by atoms with E-state index in [0.29, 0.717) is 6.61 Å². The van der Waals surface area contributed by atoms with Crippen LogP contribution in [0.3, 0.4) is 0 Å². The lowest BCUT2D eigenvalue weighted by atomic mass is 10.0. The summed E-state index contributed by atoms with van der Waals surface area (Å²) in [5.74, 6) is -0.345. The summed E-state index contributed by atoms with van der Waals surface area (Å²) in [6.07, 6.45) is 0. The molecular weight excluding hydrogens is 244 g/mol. The van der Waals surface area contributed by atoms with Gasteiger partial charge in [0.05, 0.1) is 19.8 Å². The van der Waals surface area contributed by atoms with Crippen LogP contribution in [0.4, 0.5) is 0 Å². The SMILES string of the molecule is CC(C)(C)OC(=O)C1(OCc2ccccc2)COC1. The van der Waals surface area contributed by atoms with E-state index in [1.165, 1.54) is 0 Å². The molecule has 1 saturated heterocycles. The number of esters is 1. The van der Waals surface area contributed by atoms with Crippen LogP contribution in [0.15, 0.2) is 30.3 Å². The van der Waals surface area contributed by atoms with Crippen LogP contribution in [-0.2, 0) is 25.6 Å². The topological polar surface area (TPSA) is 44.8 Å². The van der Waals surface area contributed by atoms with Crippen molar-refractivity contribution in [1.82, 2.24) is 0 Å². The van der Waals surface area contributed by atoms with Gasteiger partial charge in [-0.3, -0.25) is 0 Å². The van der Waals surface area contributed by atoms with Crippen molar-refractivity contribution in [2.24, 2.45) is 0 Å². The number of carbonyl (C=O) groups excluding carboxylic acids is 1. The summed E-state index contributed by atoms with van der Waals surface area (Å²) in [5.41, 5.74) is -0.434. The first kappa shape index (κ1) is 14.0. The molecule has 0 radical (unpaired) electrons. The molecule has 0 aliphatic carbocycles. The van der Waals surface area contributed by atoms with Crippen LogP contribution in [0, 0.1) is 0 Å². The molecule has 104 valence electrons. The summed E-state index contributed by atoms with van der Waals surface area (Å²) in [4.78, 5) is 12.2. The zero-order chi connectivity index (χ0) is 13.9. The van der Waals surface area contributed by atoms with Crippen LogP contribution < -0.4 is 0 Å². The van der Waals surface area contributed by atoms with E-state index >= 15 is 0 Å². The van der Waals surface area contributed by atoms with Crippen molar-refractivity contribution >= 4 is 5.97 Å². The molecule has 0 atom stereocenters. The molecule has 0 unspecified atom stereocenters. The Bertz CT molecular complexity index is 429. The second kappa shape index (κ2) is 5.31. The first-order chi connectivity index (χ1) is 8.91. The Hall–Kier alpha value is -1.39. The highest BCUT2D eigenvalue weighted by Crippen LogP contribution is 2.27. The summed E-state index contributed by atoms with van der Waals surface area (Å²) in [7, 11) is 0. The fraction of sp³-hybridized carbons (Fsp3) is 0.533. The Morgan fingerprint density at radius 2 is 1.89 bits per heavy atom. The minimum absolute atomic E-state index is 0.259. The molecule has 4 nitrogen and oxygen atoms in total. The monoisotopic (exact) mass is 264 g/mol. The van der Waals surface area contributed by atoms with Crippen LogP contribution in [0.5, 0.6) is 0 Å². The predicted octanol–water partition coefficient (Wildman–Crippen LogP) is 2.31. The Balaban J connectivity index is 1.97. The molecule has 0 amide bonds. The van der Waals surface area contributed by atoms with Gasteiger partial charge >= 0.3 is 5.97 Å². The molecule has 0 aromatic heterocycles. The van der Waals surface area contributed by atoms with E-state index in [1.54, 1.807) is 0 Å². The van der Waals surface area contributed by atoms with Gasteiger partial charge < -0.3 is 14.2 Å². The minimum atomic E-state index is -0.941. The van der Waals surface area contributed by atoms with E-state index in [2.05, 4.69) is 0 Å². The van der Waals surface area contributed by atoms with E-state index in [9.17, 15) is 4.79 Å². The highest BCUT2D eigenvalue weighted by Gasteiger charge is 2.50. The van der Waals surface area contributed by atoms with Gasteiger partial charge in [-0.25, -0.2) is 4.79 Å². The third-order valence-electron chi connectivity index (χ3n) is 2.80. The molecule has 1 aromatic carbocycles. The van der Waals surface area contributed by atoms with Gasteiger partial charge in [-0.1, -0.05) is 30.3 Å². The maximum atomic E-state index is 12.2. The molecule has 1 aliphatic heterocycles. The van der Waals surface area contributed by atoms with Gasteiger partial charge in [-0.15, -0.1) is 0 Å². The maximum Gasteiger partial charge on any atom is 0.343 e. The number of hydrogen-bond acceptors (Lipinski definition) is 4. The van der Waals surface area contributed by atoms with Crippen molar-refractivity contribution in [3.63, 3.8) is 0 Å². The van der Waals surface area contributed by atoms with Crippen molar-refractivity contribution in [1.29, 1.82) is 0 Å². The molecule has 1 fully saturated rings.